The Kier molecular flexibility index (Phi) is 2.27. The van der Waals surface area contributed by atoms with E-state index in [4.69, 9.17) is 5.11 Å². The smallest absolute Gasteiger partial charge is 0.320 e. The molecular weight excluding hydrogens is 194 g/mol. The fourth-order valence-corrected chi connectivity index (χ4v) is 4.81. The number of thioether (sulfide) groups is 2. The Balaban J connectivity index is 2.01. The van der Waals surface area contributed by atoms with E-state index in [1.54, 1.807) is 0 Å². The molecule has 1 spiro atoms. The van der Waals surface area contributed by atoms with Crippen LogP contribution in [0, 0.1) is 0 Å². The van der Waals surface area contributed by atoms with Crippen LogP contribution in [0.4, 0.5) is 0 Å². The number of carboxylic acid groups (broad SMARTS) is 1. The van der Waals surface area contributed by atoms with Crippen molar-refractivity contribution in [2.24, 2.45) is 0 Å². The Morgan fingerprint density at radius 1 is 1.50 bits per heavy atom. The van der Waals surface area contributed by atoms with E-state index in [0.717, 1.165) is 13.0 Å². The van der Waals surface area contributed by atoms with Crippen molar-refractivity contribution in [2.45, 2.75) is 16.5 Å². The average molecular weight is 205 g/mol. The zero-order valence-corrected chi connectivity index (χ0v) is 8.21. The lowest BCUT2D eigenvalue weighted by Gasteiger charge is -2.18. The predicted octanol–water partition coefficient (Wildman–Crippen LogP) is 0.609. The number of nitrogens with one attached hydrogen (secondary N) is 1. The molecule has 0 aromatic rings. The van der Waals surface area contributed by atoms with E-state index in [1.165, 1.54) is 11.5 Å². The normalized spacial score (nSPS) is 32.8. The fraction of sp³-hybridized carbons (Fsp3) is 0.857. The van der Waals surface area contributed by atoms with Crippen LogP contribution in [-0.2, 0) is 4.79 Å². The van der Waals surface area contributed by atoms with E-state index in [-0.39, 0.29) is 10.1 Å². The van der Waals surface area contributed by atoms with E-state index in [9.17, 15) is 4.79 Å². The van der Waals surface area contributed by atoms with E-state index in [2.05, 4.69) is 5.32 Å². The van der Waals surface area contributed by atoms with E-state index >= 15 is 0 Å². The Morgan fingerprint density at radius 3 is 2.67 bits per heavy atom. The second-order valence-electron chi connectivity index (χ2n) is 3.08. The van der Waals surface area contributed by atoms with Gasteiger partial charge in [-0.1, -0.05) is 0 Å². The molecule has 0 aromatic heterocycles. The van der Waals surface area contributed by atoms with Crippen LogP contribution in [0.25, 0.3) is 0 Å². The minimum atomic E-state index is -0.708. The van der Waals surface area contributed by atoms with E-state index in [1.807, 2.05) is 23.5 Å². The molecule has 5 heteroatoms. The SMILES string of the molecule is O=C(O)[C@H]1CC2(CN1)SCCS2. The summed E-state index contributed by atoms with van der Waals surface area (Å²) in [6.45, 7) is 0.847. The summed E-state index contributed by atoms with van der Waals surface area (Å²) in [4.78, 5) is 10.7. The van der Waals surface area contributed by atoms with Gasteiger partial charge < -0.3 is 10.4 Å². The van der Waals surface area contributed by atoms with Crippen molar-refractivity contribution in [1.82, 2.24) is 5.32 Å². The molecule has 2 aliphatic heterocycles. The van der Waals surface area contributed by atoms with Gasteiger partial charge in [-0.05, 0) is 6.42 Å². The molecule has 0 saturated carbocycles. The summed E-state index contributed by atoms with van der Waals surface area (Å²) >= 11 is 3.82. The maximum absolute atomic E-state index is 10.7. The number of hydrogen-bond donors (Lipinski definition) is 2. The molecule has 68 valence electrons. The molecule has 0 bridgehead atoms. The molecule has 0 radical (unpaired) electrons. The predicted molar refractivity (Wildman–Crippen MR) is 51.7 cm³/mol. The first kappa shape index (κ1) is 8.72. The van der Waals surface area contributed by atoms with Crippen molar-refractivity contribution in [3.05, 3.63) is 0 Å². The van der Waals surface area contributed by atoms with E-state index in [0.29, 0.717) is 0 Å². The van der Waals surface area contributed by atoms with E-state index < -0.39 is 5.97 Å². The molecule has 2 aliphatic rings. The quantitative estimate of drug-likeness (QED) is 0.657. The third-order valence-electron chi connectivity index (χ3n) is 2.24. The minimum Gasteiger partial charge on any atom is -0.480 e. The summed E-state index contributed by atoms with van der Waals surface area (Å²) in [7, 11) is 0. The van der Waals surface area contributed by atoms with Gasteiger partial charge in [0.2, 0.25) is 0 Å². The van der Waals surface area contributed by atoms with Crippen LogP contribution >= 0.6 is 23.5 Å². The van der Waals surface area contributed by atoms with Gasteiger partial charge in [0.05, 0.1) is 4.08 Å². The van der Waals surface area contributed by atoms with Gasteiger partial charge >= 0.3 is 5.97 Å². The molecular formula is C7H11NO2S2. The zero-order chi connectivity index (χ0) is 8.60. The Labute approximate surface area is 79.7 Å². The van der Waals surface area contributed by atoms with Crippen molar-refractivity contribution in [3.63, 3.8) is 0 Å². The van der Waals surface area contributed by atoms with Crippen molar-refractivity contribution in [2.75, 3.05) is 18.1 Å². The van der Waals surface area contributed by atoms with Gasteiger partial charge in [-0.2, -0.15) is 0 Å². The van der Waals surface area contributed by atoms with Crippen LogP contribution in [0.5, 0.6) is 0 Å². The number of carbonyl (C=O) groups is 1. The van der Waals surface area contributed by atoms with Crippen LogP contribution in [0.15, 0.2) is 0 Å². The van der Waals surface area contributed by atoms with Gasteiger partial charge in [-0.3, -0.25) is 4.79 Å². The third-order valence-corrected chi connectivity index (χ3v) is 5.70. The van der Waals surface area contributed by atoms with Gasteiger partial charge in [0.25, 0.3) is 0 Å². The first-order valence-corrected chi connectivity index (χ1v) is 5.93. The molecule has 1 atom stereocenters. The first-order chi connectivity index (χ1) is 5.72. The highest BCUT2D eigenvalue weighted by molar-refractivity contribution is 8.21. The summed E-state index contributed by atoms with van der Waals surface area (Å²) in [5.41, 5.74) is 0. The molecule has 2 rings (SSSR count). The second-order valence-corrected chi connectivity index (χ2v) is 6.30. The minimum absolute atomic E-state index is 0.184. The summed E-state index contributed by atoms with van der Waals surface area (Å²) in [6.07, 6.45) is 0.775. The standard InChI is InChI=1S/C7H11NO2S2/c9-6(10)5-3-7(4-8-5)11-1-2-12-7/h5,8H,1-4H2,(H,9,10)/t5-/m1/s1. The number of rotatable bonds is 1. The Hall–Kier alpha value is 0.130. The monoisotopic (exact) mass is 205 g/mol. The van der Waals surface area contributed by atoms with Gasteiger partial charge in [0.1, 0.15) is 6.04 Å². The largest absolute Gasteiger partial charge is 0.480 e. The highest BCUT2D eigenvalue weighted by Gasteiger charge is 2.44. The molecule has 2 saturated heterocycles. The Bertz CT molecular complexity index is 204. The highest BCUT2D eigenvalue weighted by Crippen LogP contribution is 2.48. The fourth-order valence-electron chi connectivity index (χ4n) is 1.63. The van der Waals surface area contributed by atoms with Gasteiger partial charge in [-0.15, -0.1) is 23.5 Å². The highest BCUT2D eigenvalue weighted by atomic mass is 32.2. The van der Waals surface area contributed by atoms with Crippen LogP contribution in [0.2, 0.25) is 0 Å². The summed E-state index contributed by atoms with van der Waals surface area (Å²) in [5, 5.41) is 11.8. The first-order valence-electron chi connectivity index (χ1n) is 3.96. The zero-order valence-electron chi connectivity index (χ0n) is 6.58. The van der Waals surface area contributed by atoms with Crippen molar-refractivity contribution < 1.29 is 9.90 Å². The number of hydrogen-bond acceptors (Lipinski definition) is 4. The van der Waals surface area contributed by atoms with Crippen molar-refractivity contribution in [3.8, 4) is 0 Å². The third kappa shape index (κ3) is 1.45. The molecule has 0 unspecified atom stereocenters. The van der Waals surface area contributed by atoms with Gasteiger partial charge in [-0.25, -0.2) is 0 Å². The second kappa shape index (κ2) is 3.12. The molecule has 0 amide bonds. The molecule has 2 N–H and O–H groups in total. The molecule has 3 nitrogen and oxygen atoms in total. The van der Waals surface area contributed by atoms with Crippen molar-refractivity contribution >= 4 is 29.5 Å². The van der Waals surface area contributed by atoms with Crippen LogP contribution in [-0.4, -0.2) is 39.2 Å². The van der Waals surface area contributed by atoms with Gasteiger partial charge in [0, 0.05) is 18.1 Å². The topological polar surface area (TPSA) is 49.3 Å². The summed E-state index contributed by atoms with van der Waals surface area (Å²) in [5.74, 6) is 1.62. The van der Waals surface area contributed by atoms with Crippen LogP contribution in [0.3, 0.4) is 0 Å². The molecule has 0 aromatic carbocycles. The van der Waals surface area contributed by atoms with Crippen molar-refractivity contribution in [1.29, 1.82) is 0 Å². The molecule has 2 heterocycles. The maximum atomic E-state index is 10.7. The molecule has 12 heavy (non-hydrogen) atoms. The number of aliphatic carboxylic acids is 1. The lowest BCUT2D eigenvalue weighted by molar-refractivity contribution is -0.139. The average Bonchev–Trinajstić information content (AvgIpc) is 2.62. The molecule has 2 fully saturated rings. The summed E-state index contributed by atoms with van der Waals surface area (Å²) in [6, 6.07) is -0.317. The lowest BCUT2D eigenvalue weighted by Crippen LogP contribution is -2.30. The maximum Gasteiger partial charge on any atom is 0.320 e. The Morgan fingerprint density at radius 2 is 2.17 bits per heavy atom. The van der Waals surface area contributed by atoms with Crippen LogP contribution in [0.1, 0.15) is 6.42 Å². The van der Waals surface area contributed by atoms with Crippen LogP contribution < -0.4 is 5.32 Å². The lowest BCUT2D eigenvalue weighted by atomic mass is 10.2. The van der Waals surface area contributed by atoms with Gasteiger partial charge in [0.15, 0.2) is 0 Å². The summed E-state index contributed by atoms with van der Waals surface area (Å²) < 4.78 is 0.184. The number of carboxylic acids is 1. The molecule has 0 aliphatic carbocycles.